The largest absolute Gasteiger partial charge is 0.381 e. The molecule has 0 radical (unpaired) electrons. The predicted molar refractivity (Wildman–Crippen MR) is 51.0 cm³/mol. The van der Waals surface area contributed by atoms with Gasteiger partial charge in [0.15, 0.2) is 0 Å². The van der Waals surface area contributed by atoms with Gasteiger partial charge in [0, 0.05) is 19.3 Å². The molecule has 0 spiro atoms. The minimum Gasteiger partial charge on any atom is -0.381 e. The van der Waals surface area contributed by atoms with Crippen LogP contribution in [0.1, 0.15) is 39.0 Å². The molecule has 1 aliphatic carbocycles. The van der Waals surface area contributed by atoms with Gasteiger partial charge in [0.2, 0.25) is 0 Å². The second-order valence-corrected chi connectivity index (χ2v) is 3.76. The van der Waals surface area contributed by atoms with E-state index in [4.69, 9.17) is 10.5 Å². The van der Waals surface area contributed by atoms with E-state index in [0.717, 1.165) is 32.0 Å². The third kappa shape index (κ3) is 3.11. The average molecular weight is 171 g/mol. The zero-order chi connectivity index (χ0) is 8.81. The highest BCUT2D eigenvalue weighted by Gasteiger charge is 2.23. The van der Waals surface area contributed by atoms with Crippen molar-refractivity contribution in [3.63, 3.8) is 0 Å². The molecule has 0 aromatic heterocycles. The van der Waals surface area contributed by atoms with Crippen LogP contribution in [0.2, 0.25) is 0 Å². The van der Waals surface area contributed by atoms with Gasteiger partial charge < -0.3 is 10.5 Å². The molecule has 12 heavy (non-hydrogen) atoms. The van der Waals surface area contributed by atoms with E-state index < -0.39 is 0 Å². The molecule has 0 heterocycles. The first-order valence-corrected chi connectivity index (χ1v) is 5.18. The summed E-state index contributed by atoms with van der Waals surface area (Å²) >= 11 is 0. The van der Waals surface area contributed by atoms with Gasteiger partial charge in [0.25, 0.3) is 0 Å². The Bertz CT molecular complexity index is 112. The van der Waals surface area contributed by atoms with Crippen LogP contribution in [0.15, 0.2) is 0 Å². The lowest BCUT2D eigenvalue weighted by Crippen LogP contribution is -2.35. The third-order valence-electron chi connectivity index (χ3n) is 2.70. The Morgan fingerprint density at radius 2 is 2.17 bits per heavy atom. The summed E-state index contributed by atoms with van der Waals surface area (Å²) in [6.07, 6.45) is 6.22. The molecule has 2 heteroatoms. The van der Waals surface area contributed by atoms with Crippen LogP contribution in [0.4, 0.5) is 0 Å². The maximum Gasteiger partial charge on any atom is 0.0480 e. The maximum absolute atomic E-state index is 5.98. The van der Waals surface area contributed by atoms with Gasteiger partial charge in [-0.3, -0.25) is 0 Å². The summed E-state index contributed by atoms with van der Waals surface area (Å²) in [7, 11) is 0. The lowest BCUT2D eigenvalue weighted by atomic mass is 9.79. The Hall–Kier alpha value is -0.0800. The number of hydrogen-bond donors (Lipinski definition) is 1. The van der Waals surface area contributed by atoms with Crippen LogP contribution in [0.5, 0.6) is 0 Å². The lowest BCUT2D eigenvalue weighted by Gasteiger charge is -2.31. The van der Waals surface area contributed by atoms with Crippen molar-refractivity contribution in [2.24, 2.45) is 11.7 Å². The lowest BCUT2D eigenvalue weighted by molar-refractivity contribution is 0.115. The zero-order valence-corrected chi connectivity index (χ0v) is 8.09. The van der Waals surface area contributed by atoms with Crippen molar-refractivity contribution in [1.82, 2.24) is 0 Å². The van der Waals surface area contributed by atoms with Crippen LogP contribution in [0.25, 0.3) is 0 Å². The predicted octanol–water partition coefficient (Wildman–Crippen LogP) is 1.93. The molecule has 1 saturated carbocycles. The van der Waals surface area contributed by atoms with Gasteiger partial charge in [-0.25, -0.2) is 0 Å². The Kier molecular flexibility index (Phi) is 4.62. The first-order valence-electron chi connectivity index (χ1n) is 5.18. The average Bonchev–Trinajstić information content (AvgIpc) is 1.95. The Morgan fingerprint density at radius 3 is 2.67 bits per heavy atom. The van der Waals surface area contributed by atoms with E-state index >= 15 is 0 Å². The topological polar surface area (TPSA) is 35.2 Å². The molecule has 2 nitrogen and oxygen atoms in total. The van der Waals surface area contributed by atoms with Crippen LogP contribution in [0.3, 0.4) is 0 Å². The molecule has 0 aliphatic heterocycles. The summed E-state index contributed by atoms with van der Waals surface area (Å²) < 4.78 is 5.39. The second kappa shape index (κ2) is 5.55. The molecule has 2 N–H and O–H groups in total. The van der Waals surface area contributed by atoms with Crippen molar-refractivity contribution < 1.29 is 4.74 Å². The fraction of sp³-hybridized carbons (Fsp3) is 1.00. The molecule has 1 fully saturated rings. The highest BCUT2D eigenvalue weighted by atomic mass is 16.5. The molecule has 0 amide bonds. The van der Waals surface area contributed by atoms with Crippen molar-refractivity contribution >= 4 is 0 Å². The number of hydrogen-bond acceptors (Lipinski definition) is 2. The van der Waals surface area contributed by atoms with E-state index in [-0.39, 0.29) is 0 Å². The van der Waals surface area contributed by atoms with Crippen LogP contribution in [-0.4, -0.2) is 19.3 Å². The minimum atomic E-state index is 0.399. The van der Waals surface area contributed by atoms with Gasteiger partial charge in [-0.15, -0.1) is 0 Å². The number of nitrogens with two attached hydrogens (primary N) is 1. The molecule has 1 atom stereocenters. The molecule has 1 unspecified atom stereocenters. The fourth-order valence-corrected chi connectivity index (χ4v) is 1.57. The molecule has 1 rings (SSSR count). The molecule has 72 valence electrons. The van der Waals surface area contributed by atoms with E-state index in [1.807, 2.05) is 0 Å². The molecular weight excluding hydrogens is 150 g/mol. The molecule has 0 saturated heterocycles. The van der Waals surface area contributed by atoms with Gasteiger partial charge in [0.05, 0.1) is 0 Å². The van der Waals surface area contributed by atoms with Crippen molar-refractivity contribution in [3.05, 3.63) is 0 Å². The highest BCUT2D eigenvalue weighted by Crippen LogP contribution is 2.29. The first-order chi connectivity index (χ1) is 5.84. The fourth-order valence-electron chi connectivity index (χ4n) is 1.57. The van der Waals surface area contributed by atoms with Crippen LogP contribution in [0, 0.1) is 5.92 Å². The number of rotatable bonds is 6. The van der Waals surface area contributed by atoms with Crippen molar-refractivity contribution in [3.8, 4) is 0 Å². The van der Waals surface area contributed by atoms with E-state index in [2.05, 4.69) is 6.92 Å². The Balaban J connectivity index is 1.91. The van der Waals surface area contributed by atoms with E-state index in [9.17, 15) is 0 Å². The molecular formula is C10H21NO. The zero-order valence-electron chi connectivity index (χ0n) is 8.09. The summed E-state index contributed by atoms with van der Waals surface area (Å²) in [5.74, 6) is 0.801. The van der Waals surface area contributed by atoms with Crippen molar-refractivity contribution in [2.45, 2.75) is 45.1 Å². The standard InChI is InChI=1S/C10H21NO/c1-2-7-12-8-6-10(11)9-4-3-5-9/h9-10H,2-8,11H2,1H3. The minimum absolute atomic E-state index is 0.399. The quantitative estimate of drug-likeness (QED) is 0.620. The molecule has 0 bridgehead atoms. The third-order valence-corrected chi connectivity index (χ3v) is 2.70. The van der Waals surface area contributed by atoms with Crippen LogP contribution in [-0.2, 0) is 4.74 Å². The van der Waals surface area contributed by atoms with E-state index in [1.54, 1.807) is 0 Å². The second-order valence-electron chi connectivity index (χ2n) is 3.76. The summed E-state index contributed by atoms with van der Waals surface area (Å²) in [6, 6.07) is 0.399. The summed E-state index contributed by atoms with van der Waals surface area (Å²) in [5, 5.41) is 0. The molecule has 0 aromatic rings. The number of ether oxygens (including phenoxy) is 1. The van der Waals surface area contributed by atoms with E-state index in [1.165, 1.54) is 19.3 Å². The molecule has 0 aromatic carbocycles. The van der Waals surface area contributed by atoms with E-state index in [0.29, 0.717) is 6.04 Å². The molecule has 1 aliphatic rings. The SMILES string of the molecule is CCCOCCC(N)C1CCC1. The van der Waals surface area contributed by atoms with Crippen molar-refractivity contribution in [2.75, 3.05) is 13.2 Å². The Morgan fingerprint density at radius 1 is 1.42 bits per heavy atom. The van der Waals surface area contributed by atoms with Gasteiger partial charge in [0.1, 0.15) is 0 Å². The van der Waals surface area contributed by atoms with Gasteiger partial charge in [-0.05, 0) is 31.6 Å². The van der Waals surface area contributed by atoms with Gasteiger partial charge in [-0.1, -0.05) is 13.3 Å². The van der Waals surface area contributed by atoms with Gasteiger partial charge in [-0.2, -0.15) is 0 Å². The smallest absolute Gasteiger partial charge is 0.0480 e. The highest BCUT2D eigenvalue weighted by molar-refractivity contribution is 4.79. The van der Waals surface area contributed by atoms with Gasteiger partial charge >= 0.3 is 0 Å². The van der Waals surface area contributed by atoms with Crippen molar-refractivity contribution in [1.29, 1.82) is 0 Å². The summed E-state index contributed by atoms with van der Waals surface area (Å²) in [6.45, 7) is 3.87. The van der Waals surface area contributed by atoms with Crippen LogP contribution < -0.4 is 5.73 Å². The summed E-state index contributed by atoms with van der Waals surface area (Å²) in [4.78, 5) is 0. The summed E-state index contributed by atoms with van der Waals surface area (Å²) in [5.41, 5.74) is 5.98. The Labute approximate surface area is 75.5 Å². The monoisotopic (exact) mass is 171 g/mol. The maximum atomic E-state index is 5.98. The first kappa shape index (κ1) is 10.0. The van der Waals surface area contributed by atoms with Crippen LogP contribution >= 0.6 is 0 Å². The normalized spacial score (nSPS) is 20.5.